The molecule has 2 N–H and O–H groups in total. The van der Waals surface area contributed by atoms with E-state index in [9.17, 15) is 14.7 Å². The number of amides is 1. The monoisotopic (exact) mass is 456 g/mol. The van der Waals surface area contributed by atoms with Gasteiger partial charge in [-0.15, -0.1) is 0 Å². The Morgan fingerprint density at radius 3 is 2.18 bits per heavy atom. The third kappa shape index (κ3) is 4.41. The fourth-order valence-corrected chi connectivity index (χ4v) is 5.14. The Balaban J connectivity index is 1.22. The number of fused-ring (bicyclic) bond motifs is 3. The molecule has 2 atom stereocenters. The predicted octanol–water partition coefficient (Wildman–Crippen LogP) is 4.50. The number of ether oxygens (including phenoxy) is 1. The van der Waals surface area contributed by atoms with Gasteiger partial charge in [-0.3, -0.25) is 4.79 Å². The summed E-state index contributed by atoms with van der Waals surface area (Å²) in [6.07, 6.45) is 0.114. The number of rotatable bonds is 6. The van der Waals surface area contributed by atoms with Gasteiger partial charge in [0.05, 0.1) is 5.92 Å². The van der Waals surface area contributed by atoms with E-state index >= 15 is 0 Å². The summed E-state index contributed by atoms with van der Waals surface area (Å²) >= 11 is 0. The molecule has 5 rings (SSSR count). The summed E-state index contributed by atoms with van der Waals surface area (Å²) in [5.74, 6) is -1.60. The second-order valence-corrected chi connectivity index (χ2v) is 8.96. The standard InChI is InChI=1S/C28H28N2O4/c31-27(32)24-17-30(15-14-26(24)29-16-19-8-2-1-3-9-19)28(33)34-18-25-22-12-6-4-10-20(22)21-11-5-7-13-23(21)25/h1-13,24-26,29H,14-18H2,(H,31,32)/t24-,26+/m1/s1. The maximum absolute atomic E-state index is 12.9. The minimum absolute atomic E-state index is 0.0169. The lowest BCUT2D eigenvalue weighted by atomic mass is 9.92. The van der Waals surface area contributed by atoms with Gasteiger partial charge in [-0.1, -0.05) is 78.9 Å². The van der Waals surface area contributed by atoms with Gasteiger partial charge in [0.25, 0.3) is 0 Å². The SMILES string of the molecule is O=C(O)[C@@H]1CN(C(=O)OCC2c3ccccc3-c3ccccc32)CC[C@@H]1NCc1ccccc1. The van der Waals surface area contributed by atoms with E-state index in [2.05, 4.69) is 29.6 Å². The minimum Gasteiger partial charge on any atom is -0.481 e. The average molecular weight is 457 g/mol. The molecule has 0 radical (unpaired) electrons. The molecule has 3 aromatic carbocycles. The lowest BCUT2D eigenvalue weighted by Gasteiger charge is -2.36. The van der Waals surface area contributed by atoms with Crippen LogP contribution >= 0.6 is 0 Å². The number of carboxylic acids is 1. The Bertz CT molecular complexity index is 1130. The van der Waals surface area contributed by atoms with E-state index in [1.165, 1.54) is 16.0 Å². The molecule has 0 bridgehead atoms. The van der Waals surface area contributed by atoms with Gasteiger partial charge in [0.2, 0.25) is 0 Å². The van der Waals surface area contributed by atoms with Gasteiger partial charge in [0, 0.05) is 31.6 Å². The Labute approximate surface area is 199 Å². The first kappa shape index (κ1) is 22.2. The number of hydrogen-bond donors (Lipinski definition) is 2. The van der Waals surface area contributed by atoms with Crippen LogP contribution in [0.1, 0.15) is 29.0 Å². The minimum atomic E-state index is -0.901. The summed E-state index contributed by atoms with van der Waals surface area (Å²) in [6, 6.07) is 26.1. The zero-order chi connectivity index (χ0) is 23.5. The van der Waals surface area contributed by atoms with Crippen molar-refractivity contribution in [3.63, 3.8) is 0 Å². The van der Waals surface area contributed by atoms with E-state index in [4.69, 9.17) is 4.74 Å². The molecule has 1 aliphatic heterocycles. The summed E-state index contributed by atoms with van der Waals surface area (Å²) < 4.78 is 5.75. The Morgan fingerprint density at radius 2 is 1.53 bits per heavy atom. The summed E-state index contributed by atoms with van der Waals surface area (Å²) in [4.78, 5) is 26.4. The molecule has 1 heterocycles. The Kier molecular flexibility index (Phi) is 6.32. The van der Waals surface area contributed by atoms with Crippen molar-refractivity contribution in [2.24, 2.45) is 5.92 Å². The molecule has 2 aliphatic rings. The van der Waals surface area contributed by atoms with Gasteiger partial charge < -0.3 is 20.1 Å². The third-order valence-corrected chi connectivity index (χ3v) is 6.94. The zero-order valence-corrected chi connectivity index (χ0v) is 18.9. The van der Waals surface area contributed by atoms with Crippen molar-refractivity contribution < 1.29 is 19.4 Å². The lowest BCUT2D eigenvalue weighted by molar-refractivity contribution is -0.144. The molecule has 6 nitrogen and oxygen atoms in total. The second kappa shape index (κ2) is 9.69. The quantitative estimate of drug-likeness (QED) is 0.571. The largest absolute Gasteiger partial charge is 0.481 e. The fraction of sp³-hybridized carbons (Fsp3) is 0.286. The molecule has 0 spiro atoms. The molecular weight excluding hydrogens is 428 g/mol. The van der Waals surface area contributed by atoms with Gasteiger partial charge in [-0.2, -0.15) is 0 Å². The number of likely N-dealkylation sites (tertiary alicyclic amines) is 1. The molecule has 1 aliphatic carbocycles. The normalized spacial score (nSPS) is 19.4. The Morgan fingerprint density at radius 1 is 0.912 bits per heavy atom. The predicted molar refractivity (Wildman–Crippen MR) is 129 cm³/mol. The van der Waals surface area contributed by atoms with E-state index in [0.717, 1.165) is 16.7 Å². The van der Waals surface area contributed by atoms with Crippen molar-refractivity contribution in [1.82, 2.24) is 10.2 Å². The number of aliphatic carboxylic acids is 1. The number of benzene rings is 3. The number of carbonyl (C=O) groups excluding carboxylic acids is 1. The number of hydrogen-bond acceptors (Lipinski definition) is 4. The number of piperidine rings is 1. The summed E-state index contributed by atoms with van der Waals surface area (Å²) in [5.41, 5.74) is 5.77. The van der Waals surface area contributed by atoms with E-state index < -0.39 is 18.0 Å². The highest BCUT2D eigenvalue weighted by Gasteiger charge is 2.37. The van der Waals surface area contributed by atoms with Gasteiger partial charge in [-0.25, -0.2) is 4.79 Å². The summed E-state index contributed by atoms with van der Waals surface area (Å²) in [5, 5.41) is 13.2. The molecule has 0 aromatic heterocycles. The third-order valence-electron chi connectivity index (χ3n) is 6.94. The number of nitrogens with zero attached hydrogens (tertiary/aromatic N) is 1. The van der Waals surface area contributed by atoms with Crippen molar-refractivity contribution in [3.05, 3.63) is 95.6 Å². The molecule has 0 unspecified atom stereocenters. The number of carboxylic acid groups (broad SMARTS) is 1. The topological polar surface area (TPSA) is 78.9 Å². The van der Waals surface area contributed by atoms with Crippen LogP contribution in [0.2, 0.25) is 0 Å². The highest BCUT2D eigenvalue weighted by molar-refractivity contribution is 5.79. The van der Waals surface area contributed by atoms with Crippen LogP contribution < -0.4 is 5.32 Å². The molecule has 174 valence electrons. The number of carbonyl (C=O) groups is 2. The first-order valence-corrected chi connectivity index (χ1v) is 11.7. The van der Waals surface area contributed by atoms with E-state index in [1.807, 2.05) is 54.6 Å². The highest BCUT2D eigenvalue weighted by Crippen LogP contribution is 2.44. The maximum Gasteiger partial charge on any atom is 0.409 e. The van der Waals surface area contributed by atoms with Gasteiger partial charge in [0.15, 0.2) is 0 Å². The molecule has 6 heteroatoms. The number of nitrogens with one attached hydrogen (secondary N) is 1. The molecule has 3 aromatic rings. The summed E-state index contributed by atoms with van der Waals surface area (Å²) in [7, 11) is 0. The van der Waals surface area contributed by atoms with Crippen molar-refractivity contribution in [2.45, 2.75) is 24.9 Å². The maximum atomic E-state index is 12.9. The van der Waals surface area contributed by atoms with Crippen LogP contribution in [0.5, 0.6) is 0 Å². The lowest BCUT2D eigenvalue weighted by Crippen LogP contribution is -2.53. The highest BCUT2D eigenvalue weighted by atomic mass is 16.6. The van der Waals surface area contributed by atoms with E-state index in [-0.39, 0.29) is 25.1 Å². The van der Waals surface area contributed by atoms with Crippen LogP contribution in [0, 0.1) is 5.92 Å². The first-order valence-electron chi connectivity index (χ1n) is 11.7. The zero-order valence-electron chi connectivity index (χ0n) is 18.9. The molecule has 0 saturated carbocycles. The second-order valence-electron chi connectivity index (χ2n) is 8.96. The molecule has 34 heavy (non-hydrogen) atoms. The molecule has 1 amide bonds. The average Bonchev–Trinajstić information content (AvgIpc) is 3.20. The first-order chi connectivity index (χ1) is 16.6. The van der Waals surface area contributed by atoms with Gasteiger partial charge >= 0.3 is 12.1 Å². The fourth-order valence-electron chi connectivity index (χ4n) is 5.14. The smallest absolute Gasteiger partial charge is 0.409 e. The molecule has 1 saturated heterocycles. The Hall–Kier alpha value is -3.64. The van der Waals surface area contributed by atoms with Crippen molar-refractivity contribution >= 4 is 12.1 Å². The van der Waals surface area contributed by atoms with Crippen LogP contribution in [0.25, 0.3) is 11.1 Å². The van der Waals surface area contributed by atoms with Crippen LogP contribution in [-0.2, 0) is 16.1 Å². The van der Waals surface area contributed by atoms with Crippen molar-refractivity contribution in [1.29, 1.82) is 0 Å². The summed E-state index contributed by atoms with van der Waals surface area (Å²) in [6.45, 7) is 1.43. The van der Waals surface area contributed by atoms with Crippen LogP contribution in [0.15, 0.2) is 78.9 Å². The van der Waals surface area contributed by atoms with Crippen LogP contribution in [-0.4, -0.2) is 47.8 Å². The van der Waals surface area contributed by atoms with Crippen LogP contribution in [0.3, 0.4) is 0 Å². The van der Waals surface area contributed by atoms with Crippen molar-refractivity contribution in [2.75, 3.05) is 19.7 Å². The molecular formula is C28H28N2O4. The van der Waals surface area contributed by atoms with Crippen LogP contribution in [0.4, 0.5) is 4.79 Å². The van der Waals surface area contributed by atoms with E-state index in [1.54, 1.807) is 0 Å². The van der Waals surface area contributed by atoms with E-state index in [0.29, 0.717) is 19.5 Å². The van der Waals surface area contributed by atoms with Crippen molar-refractivity contribution in [3.8, 4) is 11.1 Å². The molecule has 1 fully saturated rings. The van der Waals surface area contributed by atoms with Gasteiger partial charge in [-0.05, 0) is 34.2 Å². The van der Waals surface area contributed by atoms with Gasteiger partial charge in [0.1, 0.15) is 6.61 Å².